The average Bonchev–Trinajstić information content (AvgIpc) is 2.40. The van der Waals surface area contributed by atoms with E-state index in [0.29, 0.717) is 12.3 Å². The highest BCUT2D eigenvalue weighted by Crippen LogP contribution is 2.37. The largest absolute Gasteiger partial charge is 0.481 e. The van der Waals surface area contributed by atoms with Gasteiger partial charge in [-0.3, -0.25) is 4.79 Å². The van der Waals surface area contributed by atoms with E-state index in [9.17, 15) is 4.79 Å². The molecule has 52 valence electrons. The summed E-state index contributed by atoms with van der Waals surface area (Å²) in [5, 5.41) is 8.36. The summed E-state index contributed by atoms with van der Waals surface area (Å²) >= 11 is 0. The van der Waals surface area contributed by atoms with Gasteiger partial charge in [0.1, 0.15) is 0 Å². The predicted molar refractivity (Wildman–Crippen MR) is 34.1 cm³/mol. The van der Waals surface area contributed by atoms with Crippen LogP contribution in [0.2, 0.25) is 0 Å². The van der Waals surface area contributed by atoms with Crippen molar-refractivity contribution in [3.05, 3.63) is 0 Å². The van der Waals surface area contributed by atoms with Gasteiger partial charge in [0, 0.05) is 6.42 Å². The van der Waals surface area contributed by atoms with Gasteiger partial charge >= 0.3 is 5.97 Å². The standard InChI is InChI=1S/C7H12O2/c1-5(4-7(8)9)6-2-3-6/h5-6H,2-4H2,1H3,(H,8,9)/t5-/m0/s1. The summed E-state index contributed by atoms with van der Waals surface area (Å²) in [6.07, 6.45) is 2.84. The van der Waals surface area contributed by atoms with E-state index < -0.39 is 5.97 Å². The number of carboxylic acids is 1. The summed E-state index contributed by atoms with van der Waals surface area (Å²) in [5.74, 6) is 0.470. The minimum Gasteiger partial charge on any atom is -0.481 e. The second-order valence-electron chi connectivity index (χ2n) is 2.91. The van der Waals surface area contributed by atoms with E-state index >= 15 is 0 Å². The summed E-state index contributed by atoms with van der Waals surface area (Å²) in [6.45, 7) is 2.02. The van der Waals surface area contributed by atoms with Gasteiger partial charge in [0.2, 0.25) is 0 Å². The SMILES string of the molecule is C[C@@H](CC(=O)O)C1CC1. The summed E-state index contributed by atoms with van der Waals surface area (Å²) < 4.78 is 0. The molecular formula is C7H12O2. The highest BCUT2D eigenvalue weighted by Gasteiger charge is 2.28. The van der Waals surface area contributed by atoms with E-state index in [1.54, 1.807) is 0 Å². The van der Waals surface area contributed by atoms with Gasteiger partial charge < -0.3 is 5.11 Å². The van der Waals surface area contributed by atoms with Crippen molar-refractivity contribution in [3.8, 4) is 0 Å². The first kappa shape index (κ1) is 6.59. The lowest BCUT2D eigenvalue weighted by Gasteiger charge is -2.03. The normalized spacial score (nSPS) is 21.4. The van der Waals surface area contributed by atoms with Gasteiger partial charge in [-0.05, 0) is 24.7 Å². The van der Waals surface area contributed by atoms with Crippen molar-refractivity contribution < 1.29 is 9.90 Å². The molecule has 0 aromatic carbocycles. The monoisotopic (exact) mass is 128 g/mol. The van der Waals surface area contributed by atoms with Gasteiger partial charge in [-0.15, -0.1) is 0 Å². The van der Waals surface area contributed by atoms with Crippen LogP contribution in [-0.2, 0) is 4.79 Å². The van der Waals surface area contributed by atoms with Gasteiger partial charge in [-0.2, -0.15) is 0 Å². The molecule has 1 N–H and O–H groups in total. The van der Waals surface area contributed by atoms with Gasteiger partial charge in [0.25, 0.3) is 0 Å². The number of hydrogen-bond acceptors (Lipinski definition) is 1. The number of carbonyl (C=O) groups is 1. The molecule has 1 atom stereocenters. The molecule has 0 radical (unpaired) electrons. The Labute approximate surface area is 54.9 Å². The Morgan fingerprint density at radius 3 is 2.67 bits per heavy atom. The van der Waals surface area contributed by atoms with Crippen LogP contribution in [0.25, 0.3) is 0 Å². The highest BCUT2D eigenvalue weighted by atomic mass is 16.4. The van der Waals surface area contributed by atoms with E-state index in [2.05, 4.69) is 0 Å². The van der Waals surface area contributed by atoms with E-state index in [1.807, 2.05) is 6.92 Å². The quantitative estimate of drug-likeness (QED) is 0.625. The number of carboxylic acid groups (broad SMARTS) is 1. The molecule has 0 unspecified atom stereocenters. The Balaban J connectivity index is 2.17. The molecule has 0 aliphatic heterocycles. The van der Waals surface area contributed by atoms with E-state index in [0.717, 1.165) is 5.92 Å². The Bertz CT molecular complexity index is 116. The van der Waals surface area contributed by atoms with Gasteiger partial charge in [-0.25, -0.2) is 0 Å². The van der Waals surface area contributed by atoms with Crippen LogP contribution in [0.1, 0.15) is 26.2 Å². The fraction of sp³-hybridized carbons (Fsp3) is 0.857. The zero-order valence-corrected chi connectivity index (χ0v) is 5.63. The second-order valence-corrected chi connectivity index (χ2v) is 2.91. The van der Waals surface area contributed by atoms with Crippen LogP contribution in [0.5, 0.6) is 0 Å². The fourth-order valence-electron chi connectivity index (χ4n) is 1.11. The molecule has 0 aromatic heterocycles. The van der Waals surface area contributed by atoms with Crippen LogP contribution in [0, 0.1) is 11.8 Å². The van der Waals surface area contributed by atoms with Crippen molar-refractivity contribution in [2.24, 2.45) is 11.8 Å². The van der Waals surface area contributed by atoms with Crippen LogP contribution in [0.15, 0.2) is 0 Å². The van der Waals surface area contributed by atoms with Crippen molar-refractivity contribution in [2.45, 2.75) is 26.2 Å². The highest BCUT2D eigenvalue weighted by molar-refractivity contribution is 5.67. The van der Waals surface area contributed by atoms with Gasteiger partial charge in [0.05, 0.1) is 0 Å². The Kier molecular flexibility index (Phi) is 1.74. The molecule has 1 saturated carbocycles. The molecule has 0 aromatic rings. The summed E-state index contributed by atoms with van der Waals surface area (Å²) in [5.41, 5.74) is 0. The number of hydrogen-bond donors (Lipinski definition) is 1. The molecule has 0 amide bonds. The molecule has 1 aliphatic rings. The molecule has 2 heteroatoms. The minimum atomic E-state index is -0.658. The Morgan fingerprint density at radius 1 is 1.78 bits per heavy atom. The van der Waals surface area contributed by atoms with Crippen molar-refractivity contribution in [3.63, 3.8) is 0 Å². The zero-order valence-electron chi connectivity index (χ0n) is 5.63. The summed E-state index contributed by atoms with van der Waals surface area (Å²) in [6, 6.07) is 0. The first-order chi connectivity index (χ1) is 4.20. The molecule has 1 rings (SSSR count). The van der Waals surface area contributed by atoms with Crippen LogP contribution in [-0.4, -0.2) is 11.1 Å². The first-order valence-electron chi connectivity index (χ1n) is 3.42. The van der Waals surface area contributed by atoms with Crippen LogP contribution in [0.4, 0.5) is 0 Å². The van der Waals surface area contributed by atoms with E-state index in [1.165, 1.54) is 12.8 Å². The van der Waals surface area contributed by atoms with Crippen LogP contribution >= 0.6 is 0 Å². The molecule has 0 heterocycles. The topological polar surface area (TPSA) is 37.3 Å². The lowest BCUT2D eigenvalue weighted by atomic mass is 10.0. The van der Waals surface area contributed by atoms with E-state index in [4.69, 9.17) is 5.11 Å². The molecule has 0 saturated heterocycles. The average molecular weight is 128 g/mol. The minimum absolute atomic E-state index is 0.352. The summed E-state index contributed by atoms with van der Waals surface area (Å²) in [7, 11) is 0. The zero-order chi connectivity index (χ0) is 6.85. The molecule has 0 spiro atoms. The second kappa shape index (κ2) is 2.38. The van der Waals surface area contributed by atoms with Crippen molar-refractivity contribution in [2.75, 3.05) is 0 Å². The molecule has 9 heavy (non-hydrogen) atoms. The van der Waals surface area contributed by atoms with Crippen molar-refractivity contribution in [1.29, 1.82) is 0 Å². The summed E-state index contributed by atoms with van der Waals surface area (Å²) in [4.78, 5) is 10.1. The first-order valence-corrected chi connectivity index (χ1v) is 3.42. The number of rotatable bonds is 3. The smallest absolute Gasteiger partial charge is 0.303 e. The van der Waals surface area contributed by atoms with Gasteiger partial charge in [0.15, 0.2) is 0 Å². The van der Waals surface area contributed by atoms with Crippen molar-refractivity contribution in [1.82, 2.24) is 0 Å². The molecule has 0 bridgehead atoms. The lowest BCUT2D eigenvalue weighted by Crippen LogP contribution is -2.05. The molecule has 1 aliphatic carbocycles. The molecular weight excluding hydrogens is 116 g/mol. The maximum atomic E-state index is 10.1. The Morgan fingerprint density at radius 2 is 2.33 bits per heavy atom. The molecule has 1 fully saturated rings. The van der Waals surface area contributed by atoms with E-state index in [-0.39, 0.29) is 0 Å². The van der Waals surface area contributed by atoms with Crippen molar-refractivity contribution >= 4 is 5.97 Å². The fourth-order valence-corrected chi connectivity index (χ4v) is 1.11. The van der Waals surface area contributed by atoms with Gasteiger partial charge in [-0.1, -0.05) is 6.92 Å². The lowest BCUT2D eigenvalue weighted by molar-refractivity contribution is -0.138. The number of aliphatic carboxylic acids is 1. The third-order valence-electron chi connectivity index (χ3n) is 1.92. The Hall–Kier alpha value is -0.530. The predicted octanol–water partition coefficient (Wildman–Crippen LogP) is 1.51. The molecule has 2 nitrogen and oxygen atoms in total. The van der Waals surface area contributed by atoms with Crippen LogP contribution in [0.3, 0.4) is 0 Å². The van der Waals surface area contributed by atoms with Crippen LogP contribution < -0.4 is 0 Å². The third kappa shape index (κ3) is 2.04. The maximum absolute atomic E-state index is 10.1. The maximum Gasteiger partial charge on any atom is 0.303 e. The third-order valence-corrected chi connectivity index (χ3v) is 1.92.